The van der Waals surface area contributed by atoms with Gasteiger partial charge in [0.15, 0.2) is 11.6 Å². The standard InChI is InChI=1S/C12H16FNO3S/c1-17-12-7-6-10(8-11(12)13)18(15,16)14-9-4-2-3-5-9/h6-9,14H,2-5H2,1H3. The Morgan fingerprint density at radius 1 is 1.33 bits per heavy atom. The van der Waals surface area contributed by atoms with Crippen molar-refractivity contribution in [3.8, 4) is 5.75 Å². The summed E-state index contributed by atoms with van der Waals surface area (Å²) in [5.74, 6) is -0.637. The van der Waals surface area contributed by atoms with E-state index in [2.05, 4.69) is 4.72 Å². The van der Waals surface area contributed by atoms with Gasteiger partial charge in [-0.25, -0.2) is 17.5 Å². The average molecular weight is 273 g/mol. The SMILES string of the molecule is COc1ccc(S(=O)(=O)NC2CCCC2)cc1F. The van der Waals surface area contributed by atoms with Gasteiger partial charge >= 0.3 is 0 Å². The van der Waals surface area contributed by atoms with Crippen LogP contribution >= 0.6 is 0 Å². The van der Waals surface area contributed by atoms with Gasteiger partial charge in [0.25, 0.3) is 0 Å². The third-order valence-corrected chi connectivity index (χ3v) is 4.63. The Balaban J connectivity index is 2.21. The highest BCUT2D eigenvalue weighted by molar-refractivity contribution is 7.89. The number of methoxy groups -OCH3 is 1. The molecule has 1 N–H and O–H groups in total. The van der Waals surface area contributed by atoms with Crippen LogP contribution in [0, 0.1) is 5.82 Å². The van der Waals surface area contributed by atoms with Gasteiger partial charge < -0.3 is 4.74 Å². The van der Waals surface area contributed by atoms with E-state index in [-0.39, 0.29) is 16.7 Å². The van der Waals surface area contributed by atoms with Gasteiger partial charge in [0.1, 0.15) is 0 Å². The lowest BCUT2D eigenvalue weighted by Gasteiger charge is -2.13. The van der Waals surface area contributed by atoms with Crippen molar-refractivity contribution in [2.75, 3.05) is 7.11 Å². The Morgan fingerprint density at radius 3 is 2.56 bits per heavy atom. The first kappa shape index (κ1) is 13.3. The zero-order valence-corrected chi connectivity index (χ0v) is 11.0. The van der Waals surface area contributed by atoms with E-state index < -0.39 is 15.8 Å². The molecule has 0 bridgehead atoms. The summed E-state index contributed by atoms with van der Waals surface area (Å²) >= 11 is 0. The molecule has 0 radical (unpaired) electrons. The number of hydrogen-bond acceptors (Lipinski definition) is 3. The topological polar surface area (TPSA) is 55.4 Å². The molecule has 1 aliphatic rings. The number of nitrogens with one attached hydrogen (secondary N) is 1. The van der Waals surface area contributed by atoms with Gasteiger partial charge in [-0.15, -0.1) is 0 Å². The average Bonchev–Trinajstić information content (AvgIpc) is 2.81. The highest BCUT2D eigenvalue weighted by Crippen LogP contribution is 2.23. The van der Waals surface area contributed by atoms with Crippen LogP contribution in [0.2, 0.25) is 0 Å². The first-order valence-electron chi connectivity index (χ1n) is 5.89. The van der Waals surface area contributed by atoms with E-state index >= 15 is 0 Å². The van der Waals surface area contributed by atoms with Crippen molar-refractivity contribution in [1.82, 2.24) is 4.72 Å². The zero-order chi connectivity index (χ0) is 13.2. The molecule has 0 aliphatic heterocycles. The van der Waals surface area contributed by atoms with Crippen LogP contribution in [0.3, 0.4) is 0 Å². The van der Waals surface area contributed by atoms with Crippen molar-refractivity contribution >= 4 is 10.0 Å². The maximum absolute atomic E-state index is 13.5. The van der Waals surface area contributed by atoms with Crippen LogP contribution in [0.4, 0.5) is 4.39 Å². The molecule has 4 nitrogen and oxygen atoms in total. The van der Waals surface area contributed by atoms with Crippen LogP contribution < -0.4 is 9.46 Å². The number of rotatable bonds is 4. The molecular weight excluding hydrogens is 257 g/mol. The van der Waals surface area contributed by atoms with Gasteiger partial charge in [-0.05, 0) is 31.0 Å². The minimum Gasteiger partial charge on any atom is -0.494 e. The Kier molecular flexibility index (Phi) is 3.87. The van der Waals surface area contributed by atoms with Gasteiger partial charge in [0.05, 0.1) is 12.0 Å². The Bertz CT molecular complexity index is 524. The lowest BCUT2D eigenvalue weighted by molar-refractivity contribution is 0.385. The minimum atomic E-state index is -3.64. The fraction of sp³-hybridized carbons (Fsp3) is 0.500. The number of sulfonamides is 1. The molecule has 1 aromatic rings. The molecule has 1 saturated carbocycles. The van der Waals surface area contributed by atoms with Crippen LogP contribution in [0.5, 0.6) is 5.75 Å². The normalized spacial score (nSPS) is 17.0. The van der Waals surface area contributed by atoms with E-state index in [9.17, 15) is 12.8 Å². The molecule has 100 valence electrons. The molecule has 1 aromatic carbocycles. The Labute approximate surface area is 106 Å². The predicted molar refractivity (Wildman–Crippen MR) is 65.5 cm³/mol. The summed E-state index contributed by atoms with van der Waals surface area (Å²) in [6, 6.07) is 3.62. The second kappa shape index (κ2) is 5.24. The minimum absolute atomic E-state index is 0.0276. The molecule has 6 heteroatoms. The highest BCUT2D eigenvalue weighted by Gasteiger charge is 2.23. The van der Waals surface area contributed by atoms with Crippen molar-refractivity contribution in [1.29, 1.82) is 0 Å². The summed E-state index contributed by atoms with van der Waals surface area (Å²) in [6.07, 6.45) is 3.75. The van der Waals surface area contributed by atoms with Crippen molar-refractivity contribution in [2.45, 2.75) is 36.6 Å². The predicted octanol–water partition coefficient (Wildman–Crippen LogP) is 2.06. The number of halogens is 1. The van der Waals surface area contributed by atoms with E-state index in [0.29, 0.717) is 0 Å². The lowest BCUT2D eigenvalue weighted by atomic mass is 10.3. The highest BCUT2D eigenvalue weighted by atomic mass is 32.2. The molecule has 1 aliphatic carbocycles. The first-order valence-corrected chi connectivity index (χ1v) is 7.37. The van der Waals surface area contributed by atoms with Gasteiger partial charge in [0, 0.05) is 6.04 Å². The summed E-state index contributed by atoms with van der Waals surface area (Å²) < 4.78 is 44.9. The molecule has 1 fully saturated rings. The van der Waals surface area contributed by atoms with Crippen molar-refractivity contribution < 1.29 is 17.5 Å². The summed E-state index contributed by atoms with van der Waals surface area (Å²) in [4.78, 5) is -0.0623. The third-order valence-electron chi connectivity index (χ3n) is 3.11. The maximum atomic E-state index is 13.5. The van der Waals surface area contributed by atoms with Crippen molar-refractivity contribution in [2.24, 2.45) is 0 Å². The van der Waals surface area contributed by atoms with E-state index in [1.807, 2.05) is 0 Å². The monoisotopic (exact) mass is 273 g/mol. The fourth-order valence-electron chi connectivity index (χ4n) is 2.15. The molecule has 0 atom stereocenters. The molecule has 0 heterocycles. The van der Waals surface area contributed by atoms with E-state index in [0.717, 1.165) is 31.7 Å². The van der Waals surface area contributed by atoms with E-state index in [1.165, 1.54) is 19.2 Å². The second-order valence-corrected chi connectivity index (χ2v) is 6.11. The molecule has 18 heavy (non-hydrogen) atoms. The fourth-order valence-corrected chi connectivity index (χ4v) is 3.46. The largest absolute Gasteiger partial charge is 0.494 e. The van der Waals surface area contributed by atoms with Crippen LogP contribution in [-0.4, -0.2) is 21.6 Å². The summed E-state index contributed by atoms with van der Waals surface area (Å²) in [5.41, 5.74) is 0. The van der Waals surface area contributed by atoms with Crippen molar-refractivity contribution in [3.63, 3.8) is 0 Å². The van der Waals surface area contributed by atoms with Crippen LogP contribution in [-0.2, 0) is 10.0 Å². The number of ether oxygens (including phenoxy) is 1. The van der Waals surface area contributed by atoms with Crippen LogP contribution in [0.15, 0.2) is 23.1 Å². The summed E-state index contributed by atoms with van der Waals surface area (Å²) in [6.45, 7) is 0. The van der Waals surface area contributed by atoms with E-state index in [4.69, 9.17) is 4.74 Å². The molecular formula is C12H16FNO3S. The van der Waals surface area contributed by atoms with Gasteiger partial charge in [-0.1, -0.05) is 12.8 Å². The molecule has 2 rings (SSSR count). The Hall–Kier alpha value is -1.14. The van der Waals surface area contributed by atoms with E-state index in [1.54, 1.807) is 0 Å². The Morgan fingerprint density at radius 2 is 2.00 bits per heavy atom. The van der Waals surface area contributed by atoms with Crippen LogP contribution in [0.1, 0.15) is 25.7 Å². The second-order valence-electron chi connectivity index (χ2n) is 4.40. The van der Waals surface area contributed by atoms with Gasteiger partial charge in [-0.3, -0.25) is 0 Å². The lowest BCUT2D eigenvalue weighted by Crippen LogP contribution is -2.32. The number of benzene rings is 1. The third kappa shape index (κ3) is 2.81. The van der Waals surface area contributed by atoms with Gasteiger partial charge in [0.2, 0.25) is 10.0 Å². The summed E-state index contributed by atoms with van der Waals surface area (Å²) in [7, 11) is -2.30. The van der Waals surface area contributed by atoms with Crippen LogP contribution in [0.25, 0.3) is 0 Å². The quantitative estimate of drug-likeness (QED) is 0.913. The van der Waals surface area contributed by atoms with Crippen molar-refractivity contribution in [3.05, 3.63) is 24.0 Å². The molecule has 0 saturated heterocycles. The maximum Gasteiger partial charge on any atom is 0.240 e. The number of hydrogen-bond donors (Lipinski definition) is 1. The molecule has 0 amide bonds. The molecule has 0 spiro atoms. The zero-order valence-electron chi connectivity index (χ0n) is 10.1. The first-order chi connectivity index (χ1) is 8.53. The molecule has 0 unspecified atom stereocenters. The van der Waals surface area contributed by atoms with Gasteiger partial charge in [-0.2, -0.15) is 0 Å². The smallest absolute Gasteiger partial charge is 0.240 e. The molecule has 0 aromatic heterocycles. The summed E-state index contributed by atoms with van der Waals surface area (Å²) in [5, 5.41) is 0.